The Hall–Kier alpha value is -0.130. The minimum atomic E-state index is -2.91. The van der Waals surface area contributed by atoms with Gasteiger partial charge in [0.05, 0.1) is 11.9 Å². The fourth-order valence-corrected chi connectivity index (χ4v) is 2.18. The molecule has 0 saturated carbocycles. The van der Waals surface area contributed by atoms with E-state index in [2.05, 4.69) is 5.32 Å². The van der Waals surface area contributed by atoms with Crippen molar-refractivity contribution in [1.82, 2.24) is 5.32 Å². The first kappa shape index (κ1) is 9.95. The van der Waals surface area contributed by atoms with Gasteiger partial charge in [-0.05, 0) is 19.9 Å². The summed E-state index contributed by atoms with van der Waals surface area (Å²) in [5, 5.41) is 2.66. The van der Waals surface area contributed by atoms with Gasteiger partial charge in [-0.15, -0.1) is 0 Å². The Kier molecular flexibility index (Phi) is 3.09. The summed E-state index contributed by atoms with van der Waals surface area (Å²) >= 11 is 0. The molecule has 0 aromatic rings. The van der Waals surface area contributed by atoms with Crippen molar-refractivity contribution in [3.8, 4) is 0 Å². The van der Waals surface area contributed by atoms with Gasteiger partial charge in [-0.2, -0.15) is 0 Å². The predicted molar refractivity (Wildman–Crippen MR) is 46.7 cm³/mol. The molecule has 1 aliphatic heterocycles. The van der Waals surface area contributed by atoms with Gasteiger partial charge in [-0.1, -0.05) is 0 Å². The minimum Gasteiger partial charge on any atom is -0.362 e. The van der Waals surface area contributed by atoms with Gasteiger partial charge in [0, 0.05) is 6.26 Å². The SMILES string of the molecule is CNC1CCC(S(C)(=O)=O)CO1. The number of hydrogen-bond donors (Lipinski definition) is 1. The van der Waals surface area contributed by atoms with E-state index in [4.69, 9.17) is 4.74 Å². The Bertz CT molecular complexity index is 229. The van der Waals surface area contributed by atoms with E-state index in [9.17, 15) is 8.42 Å². The Morgan fingerprint density at radius 3 is 2.42 bits per heavy atom. The Balaban J connectivity index is 2.47. The number of sulfone groups is 1. The molecule has 0 radical (unpaired) electrons. The van der Waals surface area contributed by atoms with Gasteiger partial charge in [0.25, 0.3) is 0 Å². The van der Waals surface area contributed by atoms with Gasteiger partial charge in [0.1, 0.15) is 6.23 Å². The molecule has 0 spiro atoms. The van der Waals surface area contributed by atoms with Crippen molar-refractivity contribution in [3.05, 3.63) is 0 Å². The summed E-state index contributed by atoms with van der Waals surface area (Å²) in [4.78, 5) is 0. The molecule has 72 valence electrons. The average Bonchev–Trinajstić information content (AvgIpc) is 2.03. The molecule has 0 aromatic carbocycles. The molecular weight excluding hydrogens is 178 g/mol. The summed E-state index contributed by atoms with van der Waals surface area (Å²) in [7, 11) is -1.10. The normalized spacial score (nSPS) is 31.8. The van der Waals surface area contributed by atoms with E-state index in [0.717, 1.165) is 6.42 Å². The zero-order valence-electron chi connectivity index (χ0n) is 7.41. The molecule has 4 nitrogen and oxygen atoms in total. The molecule has 0 amide bonds. The monoisotopic (exact) mass is 193 g/mol. The smallest absolute Gasteiger partial charge is 0.152 e. The molecule has 1 saturated heterocycles. The molecule has 0 aliphatic carbocycles. The molecule has 0 bridgehead atoms. The summed E-state index contributed by atoms with van der Waals surface area (Å²) in [6.07, 6.45) is 2.77. The van der Waals surface area contributed by atoms with Crippen LogP contribution in [-0.4, -0.2) is 39.8 Å². The van der Waals surface area contributed by atoms with Gasteiger partial charge in [-0.25, -0.2) is 8.42 Å². The second-order valence-corrected chi connectivity index (χ2v) is 5.47. The molecular formula is C7H15NO3S. The number of hydrogen-bond acceptors (Lipinski definition) is 4. The van der Waals surface area contributed by atoms with E-state index >= 15 is 0 Å². The third-order valence-electron chi connectivity index (χ3n) is 2.16. The van der Waals surface area contributed by atoms with E-state index in [1.54, 1.807) is 0 Å². The highest BCUT2D eigenvalue weighted by Gasteiger charge is 2.27. The summed E-state index contributed by atoms with van der Waals surface area (Å²) in [6, 6.07) is 0. The van der Waals surface area contributed by atoms with E-state index in [0.29, 0.717) is 13.0 Å². The molecule has 0 aromatic heterocycles. The van der Waals surface area contributed by atoms with Crippen LogP contribution in [0, 0.1) is 0 Å². The van der Waals surface area contributed by atoms with Crippen LogP contribution < -0.4 is 5.32 Å². The summed E-state index contributed by atoms with van der Waals surface area (Å²) < 4.78 is 27.4. The maximum atomic E-state index is 11.1. The van der Waals surface area contributed by atoms with Crippen LogP contribution in [0.15, 0.2) is 0 Å². The first-order valence-electron chi connectivity index (χ1n) is 4.02. The Labute approximate surface area is 73.2 Å². The molecule has 2 atom stereocenters. The quantitative estimate of drug-likeness (QED) is 0.657. The van der Waals surface area contributed by atoms with Crippen molar-refractivity contribution in [2.45, 2.75) is 24.3 Å². The lowest BCUT2D eigenvalue weighted by Crippen LogP contribution is -2.40. The molecule has 1 rings (SSSR count). The summed E-state index contributed by atoms with van der Waals surface area (Å²) in [5.41, 5.74) is 0. The van der Waals surface area contributed by atoms with E-state index < -0.39 is 9.84 Å². The van der Waals surface area contributed by atoms with Gasteiger partial charge in [-0.3, -0.25) is 5.32 Å². The molecule has 2 unspecified atom stereocenters. The summed E-state index contributed by atoms with van der Waals surface area (Å²) in [6.45, 7) is 0.324. The first-order chi connectivity index (χ1) is 5.54. The average molecular weight is 193 g/mol. The largest absolute Gasteiger partial charge is 0.362 e. The van der Waals surface area contributed by atoms with Crippen molar-refractivity contribution in [1.29, 1.82) is 0 Å². The van der Waals surface area contributed by atoms with Crippen LogP contribution in [0.2, 0.25) is 0 Å². The fourth-order valence-electron chi connectivity index (χ4n) is 1.29. The highest BCUT2D eigenvalue weighted by Crippen LogP contribution is 2.16. The highest BCUT2D eigenvalue weighted by atomic mass is 32.2. The van der Waals surface area contributed by atoms with E-state index in [1.807, 2.05) is 7.05 Å². The van der Waals surface area contributed by atoms with Crippen LogP contribution in [0.1, 0.15) is 12.8 Å². The summed E-state index contributed by atoms with van der Waals surface area (Å²) in [5.74, 6) is 0. The topological polar surface area (TPSA) is 55.4 Å². The fraction of sp³-hybridized carbons (Fsp3) is 1.00. The lowest BCUT2D eigenvalue weighted by atomic mass is 10.2. The lowest BCUT2D eigenvalue weighted by molar-refractivity contribution is 0.00186. The van der Waals surface area contributed by atoms with Crippen molar-refractivity contribution in [3.63, 3.8) is 0 Å². The number of ether oxygens (including phenoxy) is 1. The van der Waals surface area contributed by atoms with Gasteiger partial charge >= 0.3 is 0 Å². The Morgan fingerprint density at radius 2 is 2.08 bits per heavy atom. The van der Waals surface area contributed by atoms with Crippen molar-refractivity contribution in [2.75, 3.05) is 19.9 Å². The zero-order chi connectivity index (χ0) is 9.19. The van der Waals surface area contributed by atoms with Gasteiger partial charge in [0.15, 0.2) is 9.84 Å². The third kappa shape index (κ3) is 2.43. The van der Waals surface area contributed by atoms with Gasteiger partial charge in [0.2, 0.25) is 0 Å². The standard InChI is InChI=1S/C7H15NO3S/c1-8-7-4-3-6(5-11-7)12(2,9)10/h6-8H,3-5H2,1-2H3. The number of rotatable bonds is 2. The number of nitrogens with one attached hydrogen (secondary N) is 1. The van der Waals surface area contributed by atoms with E-state index in [1.165, 1.54) is 6.26 Å². The molecule has 12 heavy (non-hydrogen) atoms. The molecule has 1 heterocycles. The van der Waals surface area contributed by atoms with Crippen LogP contribution in [0.4, 0.5) is 0 Å². The molecule has 1 aliphatic rings. The van der Waals surface area contributed by atoms with Crippen molar-refractivity contribution < 1.29 is 13.2 Å². The van der Waals surface area contributed by atoms with Crippen LogP contribution in [0.25, 0.3) is 0 Å². The predicted octanol–water partition coefficient (Wildman–Crippen LogP) is -0.244. The molecule has 5 heteroatoms. The Morgan fingerprint density at radius 1 is 1.42 bits per heavy atom. The first-order valence-corrected chi connectivity index (χ1v) is 5.97. The maximum absolute atomic E-state index is 11.1. The minimum absolute atomic E-state index is 0.0306. The molecule has 1 N–H and O–H groups in total. The second kappa shape index (κ2) is 3.72. The van der Waals surface area contributed by atoms with Crippen LogP contribution >= 0.6 is 0 Å². The highest BCUT2D eigenvalue weighted by molar-refractivity contribution is 7.91. The zero-order valence-corrected chi connectivity index (χ0v) is 8.23. The van der Waals surface area contributed by atoms with Crippen molar-refractivity contribution >= 4 is 9.84 Å². The van der Waals surface area contributed by atoms with E-state index in [-0.39, 0.29) is 11.5 Å². The van der Waals surface area contributed by atoms with Crippen LogP contribution in [-0.2, 0) is 14.6 Å². The third-order valence-corrected chi connectivity index (χ3v) is 3.74. The van der Waals surface area contributed by atoms with Gasteiger partial charge < -0.3 is 4.74 Å². The van der Waals surface area contributed by atoms with Crippen LogP contribution in [0.3, 0.4) is 0 Å². The lowest BCUT2D eigenvalue weighted by Gasteiger charge is -2.27. The van der Waals surface area contributed by atoms with Crippen molar-refractivity contribution in [2.24, 2.45) is 0 Å². The maximum Gasteiger partial charge on any atom is 0.152 e. The molecule has 1 fully saturated rings. The second-order valence-electron chi connectivity index (χ2n) is 3.14. The van der Waals surface area contributed by atoms with Crippen LogP contribution in [0.5, 0.6) is 0 Å².